The Bertz CT molecular complexity index is 710. The molecule has 0 fully saturated rings. The number of aryl methyl sites for hydroxylation is 1. The zero-order valence-corrected chi connectivity index (χ0v) is 12.1. The Morgan fingerprint density at radius 2 is 2.00 bits per heavy atom. The van der Waals surface area contributed by atoms with Crippen LogP contribution in [0.4, 0.5) is 0 Å². The number of carboxylic acids is 1. The highest BCUT2D eigenvalue weighted by atomic mass is 32.2. The Morgan fingerprint density at radius 1 is 1.35 bits per heavy atom. The van der Waals surface area contributed by atoms with Crippen molar-refractivity contribution in [2.24, 2.45) is 0 Å². The van der Waals surface area contributed by atoms with E-state index in [0.717, 1.165) is 11.3 Å². The van der Waals surface area contributed by atoms with Gasteiger partial charge in [0.2, 0.25) is 0 Å². The lowest BCUT2D eigenvalue weighted by Crippen LogP contribution is -2.33. The van der Waals surface area contributed by atoms with Gasteiger partial charge in [0, 0.05) is 0 Å². The van der Waals surface area contributed by atoms with E-state index in [2.05, 4.69) is 9.71 Å². The number of aromatic nitrogens is 1. The molecule has 106 valence electrons. The van der Waals surface area contributed by atoms with Gasteiger partial charge >= 0.3 is 5.97 Å². The summed E-state index contributed by atoms with van der Waals surface area (Å²) < 4.78 is 26.4. The zero-order valence-electron chi connectivity index (χ0n) is 10.5. The number of aliphatic carboxylic acids is 1. The van der Waals surface area contributed by atoms with Gasteiger partial charge in [0.25, 0.3) is 10.0 Å². The molecule has 20 heavy (non-hydrogen) atoms. The number of benzene rings is 1. The lowest BCUT2D eigenvalue weighted by Gasteiger charge is -2.14. The zero-order chi connectivity index (χ0) is 14.8. The number of carboxylic acid groups (broad SMARTS) is 1. The van der Waals surface area contributed by atoms with Crippen LogP contribution >= 0.6 is 11.3 Å². The predicted octanol–water partition coefficient (Wildman–Crippen LogP) is 1.56. The van der Waals surface area contributed by atoms with Crippen molar-refractivity contribution >= 4 is 27.3 Å². The van der Waals surface area contributed by atoms with Gasteiger partial charge in [-0.2, -0.15) is 4.72 Å². The van der Waals surface area contributed by atoms with E-state index >= 15 is 0 Å². The molecule has 8 heteroatoms. The molecule has 0 aliphatic rings. The van der Waals surface area contributed by atoms with Crippen LogP contribution in [0.15, 0.2) is 40.7 Å². The standard InChI is InChI=1S/C12H12N2O4S2/c1-8-13-7-10(19-8)20(17,18)14-11(12(15)16)9-5-3-2-4-6-9/h2-7,11,14H,1H3,(H,15,16)/t11-/m0/s1. The molecule has 0 unspecified atom stereocenters. The molecule has 0 saturated heterocycles. The monoisotopic (exact) mass is 312 g/mol. The van der Waals surface area contributed by atoms with E-state index in [1.54, 1.807) is 37.3 Å². The first kappa shape index (κ1) is 14.6. The summed E-state index contributed by atoms with van der Waals surface area (Å²) >= 11 is 0.989. The number of carbonyl (C=O) groups is 1. The molecule has 0 saturated carbocycles. The van der Waals surface area contributed by atoms with Crippen LogP contribution in [0, 0.1) is 6.92 Å². The molecule has 0 bridgehead atoms. The molecule has 1 aromatic heterocycles. The van der Waals surface area contributed by atoms with Crippen molar-refractivity contribution in [1.29, 1.82) is 0 Å². The quantitative estimate of drug-likeness (QED) is 0.873. The molecule has 2 N–H and O–H groups in total. The van der Waals surface area contributed by atoms with Crippen LogP contribution in [0.25, 0.3) is 0 Å². The number of hydrogen-bond donors (Lipinski definition) is 2. The summed E-state index contributed by atoms with van der Waals surface area (Å²) in [5, 5.41) is 9.80. The first-order chi connectivity index (χ1) is 9.40. The minimum Gasteiger partial charge on any atom is -0.480 e. The summed E-state index contributed by atoms with van der Waals surface area (Å²) in [6, 6.07) is 6.80. The average Bonchev–Trinajstić information content (AvgIpc) is 2.84. The molecule has 0 amide bonds. The molecule has 6 nitrogen and oxygen atoms in total. The van der Waals surface area contributed by atoms with Gasteiger partial charge in [-0.25, -0.2) is 13.4 Å². The summed E-state index contributed by atoms with van der Waals surface area (Å²) in [6.07, 6.45) is 1.21. The van der Waals surface area contributed by atoms with Gasteiger partial charge in [0.1, 0.15) is 6.04 Å². The van der Waals surface area contributed by atoms with Gasteiger partial charge in [-0.05, 0) is 12.5 Å². The molecule has 0 aliphatic heterocycles. The van der Waals surface area contributed by atoms with Gasteiger partial charge in [-0.15, -0.1) is 11.3 Å². The highest BCUT2D eigenvalue weighted by Crippen LogP contribution is 2.21. The van der Waals surface area contributed by atoms with Crippen molar-refractivity contribution < 1.29 is 18.3 Å². The summed E-state index contributed by atoms with van der Waals surface area (Å²) in [4.78, 5) is 15.1. The first-order valence-electron chi connectivity index (χ1n) is 5.62. The second-order valence-corrected chi connectivity index (χ2v) is 7.18. The number of thiazole rings is 1. The highest BCUT2D eigenvalue weighted by Gasteiger charge is 2.27. The highest BCUT2D eigenvalue weighted by molar-refractivity contribution is 7.91. The van der Waals surface area contributed by atoms with E-state index in [-0.39, 0.29) is 4.21 Å². The fraction of sp³-hybridized carbons (Fsp3) is 0.167. The lowest BCUT2D eigenvalue weighted by atomic mass is 10.1. The topological polar surface area (TPSA) is 96.4 Å². The molecular formula is C12H12N2O4S2. The fourth-order valence-corrected chi connectivity index (χ4v) is 3.89. The van der Waals surface area contributed by atoms with E-state index in [1.807, 2.05) is 0 Å². The maximum Gasteiger partial charge on any atom is 0.326 e. The van der Waals surface area contributed by atoms with Gasteiger partial charge in [0.05, 0.1) is 11.2 Å². The second-order valence-electron chi connectivity index (χ2n) is 4.00. The van der Waals surface area contributed by atoms with Crippen LogP contribution in [0.5, 0.6) is 0 Å². The molecule has 0 aliphatic carbocycles. The number of hydrogen-bond acceptors (Lipinski definition) is 5. The van der Waals surface area contributed by atoms with Crippen molar-refractivity contribution in [1.82, 2.24) is 9.71 Å². The third-order valence-corrected chi connectivity index (χ3v) is 5.31. The van der Waals surface area contributed by atoms with Crippen molar-refractivity contribution in [2.75, 3.05) is 0 Å². The largest absolute Gasteiger partial charge is 0.480 e. The van der Waals surface area contributed by atoms with Crippen LogP contribution < -0.4 is 4.72 Å². The third kappa shape index (κ3) is 3.21. The maximum atomic E-state index is 12.1. The molecule has 2 aromatic rings. The Morgan fingerprint density at radius 3 is 2.50 bits per heavy atom. The summed E-state index contributed by atoms with van der Waals surface area (Å²) in [5.41, 5.74) is 0.366. The van der Waals surface area contributed by atoms with Crippen molar-refractivity contribution in [2.45, 2.75) is 17.2 Å². The molecule has 0 spiro atoms. The molecule has 1 aromatic carbocycles. The Kier molecular flexibility index (Phi) is 4.17. The molecule has 1 atom stereocenters. The summed E-state index contributed by atoms with van der Waals surface area (Å²) in [5.74, 6) is -1.26. The van der Waals surface area contributed by atoms with Gasteiger partial charge < -0.3 is 5.11 Å². The fourth-order valence-electron chi connectivity index (χ4n) is 1.59. The Balaban J connectivity index is 2.32. The number of sulfonamides is 1. The lowest BCUT2D eigenvalue weighted by molar-refractivity contribution is -0.139. The summed E-state index contributed by atoms with van der Waals surface area (Å²) in [6.45, 7) is 1.68. The predicted molar refractivity (Wildman–Crippen MR) is 74.0 cm³/mol. The van der Waals surface area contributed by atoms with Crippen molar-refractivity contribution in [3.05, 3.63) is 47.1 Å². The van der Waals surface area contributed by atoms with Gasteiger partial charge in [-0.1, -0.05) is 30.3 Å². The minimum absolute atomic E-state index is 0.00261. The Labute approximate surface area is 120 Å². The van der Waals surface area contributed by atoms with Gasteiger partial charge in [-0.3, -0.25) is 4.79 Å². The third-order valence-electron chi connectivity index (χ3n) is 2.52. The van der Waals surface area contributed by atoms with E-state index in [1.165, 1.54) is 6.20 Å². The molecular weight excluding hydrogens is 300 g/mol. The van der Waals surface area contributed by atoms with Gasteiger partial charge in [0.15, 0.2) is 4.21 Å². The normalized spacial score (nSPS) is 13.1. The number of nitrogens with zero attached hydrogens (tertiary/aromatic N) is 1. The maximum absolute atomic E-state index is 12.1. The van der Waals surface area contributed by atoms with Crippen LogP contribution in [0.1, 0.15) is 16.6 Å². The molecule has 1 heterocycles. The smallest absolute Gasteiger partial charge is 0.326 e. The number of rotatable bonds is 5. The van der Waals surface area contributed by atoms with Crippen LogP contribution in [0.3, 0.4) is 0 Å². The Hall–Kier alpha value is -1.77. The van der Waals surface area contributed by atoms with E-state index < -0.39 is 22.0 Å². The van der Waals surface area contributed by atoms with E-state index in [4.69, 9.17) is 0 Å². The van der Waals surface area contributed by atoms with Crippen molar-refractivity contribution in [3.63, 3.8) is 0 Å². The average molecular weight is 312 g/mol. The van der Waals surface area contributed by atoms with E-state index in [9.17, 15) is 18.3 Å². The minimum atomic E-state index is -3.91. The number of nitrogens with one attached hydrogen (secondary N) is 1. The van der Waals surface area contributed by atoms with Crippen LogP contribution in [-0.4, -0.2) is 24.5 Å². The second kappa shape index (κ2) is 5.70. The SMILES string of the molecule is Cc1ncc(S(=O)(=O)N[C@H](C(=O)O)c2ccccc2)s1. The summed E-state index contributed by atoms with van der Waals surface area (Å²) in [7, 11) is -3.91. The van der Waals surface area contributed by atoms with Crippen LogP contribution in [-0.2, 0) is 14.8 Å². The molecule has 0 radical (unpaired) electrons. The van der Waals surface area contributed by atoms with Crippen LogP contribution in [0.2, 0.25) is 0 Å². The van der Waals surface area contributed by atoms with E-state index in [0.29, 0.717) is 10.6 Å². The van der Waals surface area contributed by atoms with Crippen molar-refractivity contribution in [3.8, 4) is 0 Å². The molecule has 2 rings (SSSR count). The first-order valence-corrected chi connectivity index (χ1v) is 7.92.